The number of methoxy groups -OCH3 is 1. The molecule has 0 unspecified atom stereocenters. The highest BCUT2D eigenvalue weighted by Gasteiger charge is 2.28. The number of sulfonamides is 1. The molecule has 1 aliphatic heterocycles. The minimum absolute atomic E-state index is 0.280. The van der Waals surface area contributed by atoms with Crippen molar-refractivity contribution in [1.82, 2.24) is 9.21 Å². The Morgan fingerprint density at radius 3 is 2.45 bits per heavy atom. The van der Waals surface area contributed by atoms with Crippen molar-refractivity contribution in [1.29, 1.82) is 0 Å². The molecule has 0 amide bonds. The molecule has 0 spiro atoms. The van der Waals surface area contributed by atoms with Crippen molar-refractivity contribution < 1.29 is 13.2 Å². The third-order valence-electron chi connectivity index (χ3n) is 3.54. The van der Waals surface area contributed by atoms with Crippen LogP contribution in [0.4, 0.5) is 0 Å². The van der Waals surface area contributed by atoms with E-state index in [4.69, 9.17) is 4.74 Å². The van der Waals surface area contributed by atoms with E-state index >= 15 is 0 Å². The van der Waals surface area contributed by atoms with E-state index in [1.54, 1.807) is 22.5 Å². The maximum Gasteiger partial charge on any atom is 0.243 e. The van der Waals surface area contributed by atoms with Crippen molar-refractivity contribution in [3.05, 3.63) is 22.7 Å². The van der Waals surface area contributed by atoms with Gasteiger partial charge in [-0.05, 0) is 34.6 Å². The molecule has 1 aromatic rings. The molecule has 1 aromatic carbocycles. The molecule has 20 heavy (non-hydrogen) atoms. The first-order chi connectivity index (χ1) is 9.48. The lowest BCUT2D eigenvalue weighted by atomic mass is 10.3. The third kappa shape index (κ3) is 3.16. The fraction of sp³-hybridized carbons (Fsp3) is 0.538. The third-order valence-corrected chi connectivity index (χ3v) is 6.09. The van der Waals surface area contributed by atoms with Gasteiger partial charge in [-0.2, -0.15) is 4.31 Å². The van der Waals surface area contributed by atoms with Crippen LogP contribution >= 0.6 is 15.9 Å². The average molecular weight is 363 g/mol. The van der Waals surface area contributed by atoms with Crippen LogP contribution in [-0.2, 0) is 10.0 Å². The molecule has 1 heterocycles. The van der Waals surface area contributed by atoms with Gasteiger partial charge in [-0.1, -0.05) is 6.92 Å². The standard InChI is InChI=1S/C13H19BrN2O3S/c1-3-15-6-8-16(9-7-15)20(17,18)11-4-5-12(14)13(10-11)19-2/h4-5,10H,3,6-9H2,1-2H3. The van der Waals surface area contributed by atoms with Gasteiger partial charge in [-0.15, -0.1) is 0 Å². The number of ether oxygens (including phenoxy) is 1. The fourth-order valence-electron chi connectivity index (χ4n) is 2.24. The molecule has 1 fully saturated rings. The summed E-state index contributed by atoms with van der Waals surface area (Å²) in [6.45, 7) is 5.68. The van der Waals surface area contributed by atoms with Crippen LogP contribution in [0.25, 0.3) is 0 Å². The molecular weight excluding hydrogens is 344 g/mol. The second-order valence-corrected chi connectivity index (χ2v) is 7.43. The van der Waals surface area contributed by atoms with E-state index in [9.17, 15) is 8.42 Å². The monoisotopic (exact) mass is 362 g/mol. The van der Waals surface area contributed by atoms with Gasteiger partial charge in [-0.3, -0.25) is 0 Å². The van der Waals surface area contributed by atoms with Gasteiger partial charge in [0.05, 0.1) is 16.5 Å². The highest BCUT2D eigenvalue weighted by molar-refractivity contribution is 9.10. The van der Waals surface area contributed by atoms with E-state index in [-0.39, 0.29) is 4.90 Å². The van der Waals surface area contributed by atoms with Crippen LogP contribution in [0.15, 0.2) is 27.6 Å². The number of likely N-dealkylation sites (N-methyl/N-ethyl adjacent to an activating group) is 1. The molecule has 0 aromatic heterocycles. The number of rotatable bonds is 4. The molecular formula is C13H19BrN2O3S. The molecule has 0 aliphatic carbocycles. The van der Waals surface area contributed by atoms with E-state index in [1.165, 1.54) is 7.11 Å². The summed E-state index contributed by atoms with van der Waals surface area (Å²) in [5.41, 5.74) is 0. The Morgan fingerprint density at radius 2 is 1.90 bits per heavy atom. The van der Waals surface area contributed by atoms with E-state index in [0.717, 1.165) is 24.1 Å². The summed E-state index contributed by atoms with van der Waals surface area (Å²) in [6.07, 6.45) is 0. The molecule has 0 radical (unpaired) electrons. The highest BCUT2D eigenvalue weighted by Crippen LogP contribution is 2.29. The van der Waals surface area contributed by atoms with Crippen molar-refractivity contribution in [2.45, 2.75) is 11.8 Å². The lowest BCUT2D eigenvalue weighted by Gasteiger charge is -2.33. The maximum atomic E-state index is 12.6. The lowest BCUT2D eigenvalue weighted by molar-refractivity contribution is 0.196. The Balaban J connectivity index is 2.22. The van der Waals surface area contributed by atoms with Crippen molar-refractivity contribution in [2.75, 3.05) is 39.8 Å². The second-order valence-electron chi connectivity index (χ2n) is 4.63. The van der Waals surface area contributed by atoms with Crippen LogP contribution in [0.3, 0.4) is 0 Å². The zero-order chi connectivity index (χ0) is 14.8. The molecule has 0 saturated carbocycles. The first-order valence-electron chi connectivity index (χ1n) is 6.55. The molecule has 0 bridgehead atoms. The smallest absolute Gasteiger partial charge is 0.243 e. The van der Waals surface area contributed by atoms with Crippen LogP contribution in [0.1, 0.15) is 6.92 Å². The molecule has 5 nitrogen and oxygen atoms in total. The van der Waals surface area contributed by atoms with Gasteiger partial charge in [0.1, 0.15) is 5.75 Å². The maximum absolute atomic E-state index is 12.6. The number of piperazine rings is 1. The van der Waals surface area contributed by atoms with Gasteiger partial charge < -0.3 is 9.64 Å². The van der Waals surface area contributed by atoms with Gasteiger partial charge in [0.2, 0.25) is 10.0 Å². The summed E-state index contributed by atoms with van der Waals surface area (Å²) >= 11 is 3.33. The van der Waals surface area contributed by atoms with Gasteiger partial charge in [-0.25, -0.2) is 8.42 Å². The van der Waals surface area contributed by atoms with Gasteiger partial charge in [0.15, 0.2) is 0 Å². The topological polar surface area (TPSA) is 49.9 Å². The van der Waals surface area contributed by atoms with Crippen LogP contribution in [-0.4, -0.2) is 57.5 Å². The first-order valence-corrected chi connectivity index (χ1v) is 8.78. The average Bonchev–Trinajstić information content (AvgIpc) is 2.47. The van der Waals surface area contributed by atoms with Gasteiger partial charge in [0.25, 0.3) is 0 Å². The number of nitrogens with zero attached hydrogens (tertiary/aromatic N) is 2. The van der Waals surface area contributed by atoms with E-state index in [1.807, 2.05) is 0 Å². The Morgan fingerprint density at radius 1 is 1.25 bits per heavy atom. The summed E-state index contributed by atoms with van der Waals surface area (Å²) < 4.78 is 32.6. The molecule has 2 rings (SSSR count). The van der Waals surface area contributed by atoms with Gasteiger partial charge in [0, 0.05) is 32.2 Å². The van der Waals surface area contributed by atoms with Crippen molar-refractivity contribution in [2.24, 2.45) is 0 Å². The second kappa shape index (κ2) is 6.43. The number of hydrogen-bond donors (Lipinski definition) is 0. The summed E-state index contributed by atoms with van der Waals surface area (Å²) in [5, 5.41) is 0. The highest BCUT2D eigenvalue weighted by atomic mass is 79.9. The molecule has 7 heteroatoms. The van der Waals surface area contributed by atoms with E-state index in [2.05, 4.69) is 27.8 Å². The zero-order valence-corrected chi connectivity index (χ0v) is 14.1. The Hall–Kier alpha value is -0.630. The number of halogens is 1. The molecule has 1 saturated heterocycles. The SMILES string of the molecule is CCN1CCN(S(=O)(=O)c2ccc(Br)c(OC)c2)CC1. The largest absolute Gasteiger partial charge is 0.496 e. The lowest BCUT2D eigenvalue weighted by Crippen LogP contribution is -2.48. The first kappa shape index (κ1) is 15.8. The van der Waals surface area contributed by atoms with Crippen molar-refractivity contribution in [3.63, 3.8) is 0 Å². The zero-order valence-electron chi connectivity index (χ0n) is 11.7. The Labute approximate surface area is 128 Å². The summed E-state index contributed by atoms with van der Waals surface area (Å²) in [5.74, 6) is 0.526. The van der Waals surface area contributed by atoms with Crippen LogP contribution in [0.2, 0.25) is 0 Å². The summed E-state index contributed by atoms with van der Waals surface area (Å²) in [7, 11) is -1.91. The van der Waals surface area contributed by atoms with Gasteiger partial charge >= 0.3 is 0 Å². The van der Waals surface area contributed by atoms with Crippen molar-refractivity contribution in [3.8, 4) is 5.75 Å². The normalized spacial score (nSPS) is 18.1. The van der Waals surface area contributed by atoms with Crippen LogP contribution in [0.5, 0.6) is 5.75 Å². The van der Waals surface area contributed by atoms with Crippen LogP contribution in [0, 0.1) is 0 Å². The van der Waals surface area contributed by atoms with Crippen molar-refractivity contribution >= 4 is 26.0 Å². The minimum Gasteiger partial charge on any atom is -0.496 e. The molecule has 0 N–H and O–H groups in total. The molecule has 0 atom stereocenters. The molecule has 1 aliphatic rings. The summed E-state index contributed by atoms with van der Waals surface area (Å²) in [6, 6.07) is 4.87. The predicted molar refractivity (Wildman–Crippen MR) is 81.6 cm³/mol. The number of benzene rings is 1. The molecule has 112 valence electrons. The fourth-order valence-corrected chi connectivity index (χ4v) is 4.08. The Bertz CT molecular complexity index is 569. The minimum atomic E-state index is -3.44. The number of hydrogen-bond acceptors (Lipinski definition) is 4. The quantitative estimate of drug-likeness (QED) is 0.819. The van der Waals surface area contributed by atoms with Crippen LogP contribution < -0.4 is 4.74 Å². The summed E-state index contributed by atoms with van der Waals surface area (Å²) in [4.78, 5) is 2.52. The van der Waals surface area contributed by atoms with E-state index < -0.39 is 10.0 Å². The Kier molecular flexibility index (Phi) is 5.06. The predicted octanol–water partition coefficient (Wildman–Crippen LogP) is 1.78. The van der Waals surface area contributed by atoms with E-state index in [0.29, 0.717) is 18.8 Å².